The van der Waals surface area contributed by atoms with Crippen molar-refractivity contribution in [2.45, 2.75) is 64.3 Å². The number of hydrogen-bond donors (Lipinski definition) is 3. The second kappa shape index (κ2) is 7.95. The molecule has 0 saturated heterocycles. The predicted octanol–water partition coefficient (Wildman–Crippen LogP) is 1.99. The van der Waals surface area contributed by atoms with Crippen LogP contribution in [0.2, 0.25) is 0 Å². The maximum Gasteiger partial charge on any atom is 0.220 e. The second-order valence-corrected chi connectivity index (χ2v) is 5.10. The largest absolute Gasteiger partial charge is 0.409 e. The molecule has 0 bridgehead atoms. The fourth-order valence-corrected chi connectivity index (χ4v) is 2.53. The number of nitrogens with two attached hydrogens (primary N) is 1. The summed E-state index contributed by atoms with van der Waals surface area (Å²) in [6.07, 6.45) is 8.57. The van der Waals surface area contributed by atoms with Gasteiger partial charge in [0.25, 0.3) is 0 Å². The Morgan fingerprint density at radius 3 is 2.67 bits per heavy atom. The first-order chi connectivity index (χ1) is 8.67. The van der Waals surface area contributed by atoms with E-state index in [-0.39, 0.29) is 17.8 Å². The Labute approximate surface area is 109 Å². The van der Waals surface area contributed by atoms with Crippen LogP contribution in [0.5, 0.6) is 0 Å². The molecule has 0 spiro atoms. The molecule has 4 N–H and O–H groups in total. The number of hydrogen-bond acceptors (Lipinski definition) is 3. The summed E-state index contributed by atoms with van der Waals surface area (Å²) in [6, 6.07) is -0.353. The molecule has 0 aromatic carbocycles. The number of amides is 1. The lowest BCUT2D eigenvalue weighted by atomic mass is 9.86. The van der Waals surface area contributed by atoms with E-state index in [1.165, 1.54) is 32.1 Å². The van der Waals surface area contributed by atoms with Crippen LogP contribution in [0.4, 0.5) is 0 Å². The van der Waals surface area contributed by atoms with Gasteiger partial charge in [0.05, 0.1) is 6.04 Å². The first-order valence-electron chi connectivity index (χ1n) is 6.94. The topological polar surface area (TPSA) is 87.7 Å². The van der Waals surface area contributed by atoms with E-state index in [0.29, 0.717) is 18.8 Å². The molecule has 5 heteroatoms. The zero-order chi connectivity index (χ0) is 13.4. The summed E-state index contributed by atoms with van der Waals surface area (Å²) < 4.78 is 0. The van der Waals surface area contributed by atoms with Crippen molar-refractivity contribution in [1.82, 2.24) is 5.32 Å². The summed E-state index contributed by atoms with van der Waals surface area (Å²) in [7, 11) is 0. The molecule has 1 aliphatic rings. The number of nitrogens with one attached hydrogen (secondary N) is 1. The highest BCUT2D eigenvalue weighted by Crippen LogP contribution is 2.27. The SMILES string of the molecule is CCC(NC(=O)CCC1CCCCC1)/C(N)=N/O. The van der Waals surface area contributed by atoms with Gasteiger partial charge >= 0.3 is 0 Å². The van der Waals surface area contributed by atoms with Crippen molar-refractivity contribution >= 4 is 11.7 Å². The summed E-state index contributed by atoms with van der Waals surface area (Å²) in [5, 5.41) is 14.3. The van der Waals surface area contributed by atoms with Crippen LogP contribution in [0.15, 0.2) is 5.16 Å². The quantitative estimate of drug-likeness (QED) is 0.293. The molecule has 1 aliphatic carbocycles. The first kappa shape index (κ1) is 14.8. The van der Waals surface area contributed by atoms with E-state index in [9.17, 15) is 4.79 Å². The molecule has 1 atom stereocenters. The van der Waals surface area contributed by atoms with Gasteiger partial charge in [-0.2, -0.15) is 0 Å². The third-order valence-corrected chi connectivity index (χ3v) is 3.72. The van der Waals surface area contributed by atoms with Gasteiger partial charge in [0.2, 0.25) is 5.91 Å². The number of carbonyl (C=O) groups is 1. The molecular formula is C13H25N3O2. The van der Waals surface area contributed by atoms with Gasteiger partial charge in [0.1, 0.15) is 0 Å². The highest BCUT2D eigenvalue weighted by Gasteiger charge is 2.17. The van der Waals surface area contributed by atoms with Gasteiger partial charge in [0, 0.05) is 6.42 Å². The Kier molecular flexibility index (Phi) is 6.54. The molecule has 0 heterocycles. The summed E-state index contributed by atoms with van der Waals surface area (Å²) in [5.41, 5.74) is 5.50. The van der Waals surface area contributed by atoms with E-state index in [4.69, 9.17) is 10.9 Å². The van der Waals surface area contributed by atoms with Crippen molar-refractivity contribution in [2.24, 2.45) is 16.8 Å². The number of nitrogens with zero attached hydrogens (tertiary/aromatic N) is 1. The molecule has 1 unspecified atom stereocenters. The minimum Gasteiger partial charge on any atom is -0.409 e. The van der Waals surface area contributed by atoms with Crippen molar-refractivity contribution in [1.29, 1.82) is 0 Å². The van der Waals surface area contributed by atoms with Crippen molar-refractivity contribution in [3.63, 3.8) is 0 Å². The van der Waals surface area contributed by atoms with Crippen LogP contribution < -0.4 is 11.1 Å². The molecule has 1 saturated carbocycles. The van der Waals surface area contributed by atoms with Gasteiger partial charge in [0.15, 0.2) is 5.84 Å². The van der Waals surface area contributed by atoms with E-state index in [1.54, 1.807) is 0 Å². The van der Waals surface area contributed by atoms with Crippen molar-refractivity contribution in [3.05, 3.63) is 0 Å². The van der Waals surface area contributed by atoms with Gasteiger partial charge in [-0.15, -0.1) is 0 Å². The zero-order valence-corrected chi connectivity index (χ0v) is 11.2. The molecule has 0 aromatic heterocycles. The number of carbonyl (C=O) groups excluding carboxylic acids is 1. The summed E-state index contributed by atoms with van der Waals surface area (Å²) in [5.74, 6) is 0.774. The normalized spacial score (nSPS) is 19.5. The molecule has 5 nitrogen and oxygen atoms in total. The Morgan fingerprint density at radius 2 is 2.11 bits per heavy atom. The van der Waals surface area contributed by atoms with Gasteiger partial charge < -0.3 is 16.3 Å². The molecule has 1 rings (SSSR count). The van der Waals surface area contributed by atoms with Crippen LogP contribution >= 0.6 is 0 Å². The number of oxime groups is 1. The molecule has 0 aromatic rings. The monoisotopic (exact) mass is 255 g/mol. The fourth-order valence-electron chi connectivity index (χ4n) is 2.53. The average Bonchev–Trinajstić information content (AvgIpc) is 2.42. The minimum atomic E-state index is -0.353. The van der Waals surface area contributed by atoms with Crippen LogP contribution in [0.1, 0.15) is 58.3 Å². The van der Waals surface area contributed by atoms with Gasteiger partial charge in [-0.05, 0) is 18.8 Å². The third-order valence-electron chi connectivity index (χ3n) is 3.72. The smallest absolute Gasteiger partial charge is 0.220 e. The third kappa shape index (κ3) is 4.94. The van der Waals surface area contributed by atoms with Gasteiger partial charge in [-0.1, -0.05) is 44.2 Å². The maximum atomic E-state index is 11.8. The van der Waals surface area contributed by atoms with E-state index in [0.717, 1.165) is 6.42 Å². The molecule has 0 aliphatic heterocycles. The van der Waals surface area contributed by atoms with Crippen molar-refractivity contribution < 1.29 is 10.0 Å². The van der Waals surface area contributed by atoms with E-state index in [1.807, 2.05) is 6.92 Å². The van der Waals surface area contributed by atoms with Gasteiger partial charge in [-0.25, -0.2) is 0 Å². The van der Waals surface area contributed by atoms with Crippen molar-refractivity contribution in [3.8, 4) is 0 Å². The van der Waals surface area contributed by atoms with E-state index in [2.05, 4.69) is 10.5 Å². The Bertz CT molecular complexity index is 286. The van der Waals surface area contributed by atoms with Crippen LogP contribution in [0.25, 0.3) is 0 Å². The minimum absolute atomic E-state index is 0.000904. The van der Waals surface area contributed by atoms with E-state index >= 15 is 0 Å². The molecular weight excluding hydrogens is 230 g/mol. The van der Waals surface area contributed by atoms with Crippen LogP contribution in [0.3, 0.4) is 0 Å². The Balaban J connectivity index is 2.27. The molecule has 104 valence electrons. The predicted molar refractivity (Wildman–Crippen MR) is 71.4 cm³/mol. The summed E-state index contributed by atoms with van der Waals surface area (Å²) >= 11 is 0. The van der Waals surface area contributed by atoms with Crippen LogP contribution in [0, 0.1) is 5.92 Å². The molecule has 0 radical (unpaired) electrons. The Morgan fingerprint density at radius 1 is 1.44 bits per heavy atom. The van der Waals surface area contributed by atoms with Crippen LogP contribution in [-0.4, -0.2) is 23.0 Å². The van der Waals surface area contributed by atoms with E-state index < -0.39 is 0 Å². The average molecular weight is 255 g/mol. The molecule has 18 heavy (non-hydrogen) atoms. The lowest BCUT2D eigenvalue weighted by Gasteiger charge is -2.21. The summed E-state index contributed by atoms with van der Waals surface area (Å²) in [6.45, 7) is 1.89. The fraction of sp³-hybridized carbons (Fsp3) is 0.846. The second-order valence-electron chi connectivity index (χ2n) is 5.10. The standard InChI is InChI=1S/C13H25N3O2/c1-2-11(13(14)16-18)15-12(17)9-8-10-6-4-3-5-7-10/h10-11,18H,2-9H2,1H3,(H2,14,16)(H,15,17). The highest BCUT2D eigenvalue weighted by atomic mass is 16.4. The lowest BCUT2D eigenvalue weighted by molar-refractivity contribution is -0.121. The maximum absolute atomic E-state index is 11.8. The molecule has 1 amide bonds. The summed E-state index contributed by atoms with van der Waals surface area (Å²) in [4.78, 5) is 11.8. The van der Waals surface area contributed by atoms with Crippen molar-refractivity contribution in [2.75, 3.05) is 0 Å². The highest BCUT2D eigenvalue weighted by molar-refractivity contribution is 5.89. The first-order valence-corrected chi connectivity index (χ1v) is 6.94. The lowest BCUT2D eigenvalue weighted by Crippen LogP contribution is -2.44. The van der Waals surface area contributed by atoms with Crippen LogP contribution in [-0.2, 0) is 4.79 Å². The Hall–Kier alpha value is -1.26. The van der Waals surface area contributed by atoms with Gasteiger partial charge in [-0.3, -0.25) is 4.79 Å². The number of rotatable bonds is 6. The number of amidine groups is 1. The zero-order valence-electron chi connectivity index (χ0n) is 11.2. The molecule has 1 fully saturated rings.